The van der Waals surface area contributed by atoms with Crippen LogP contribution in [-0.4, -0.2) is 18.8 Å². The molecule has 0 aromatic heterocycles. The van der Waals surface area contributed by atoms with E-state index in [9.17, 15) is 5.11 Å². The third-order valence-corrected chi connectivity index (χ3v) is 2.43. The first-order valence-electron chi connectivity index (χ1n) is 5.71. The standard InChI is InChI=1S/C13H20O3/c1-4-6-11(14)10-7-8-12(16-5-2)13(9-10)15-3/h7-9,11,14H,4-6H2,1-3H3. The van der Waals surface area contributed by atoms with Crippen molar-refractivity contribution in [3.05, 3.63) is 23.8 Å². The van der Waals surface area contributed by atoms with Crippen LogP contribution >= 0.6 is 0 Å². The van der Waals surface area contributed by atoms with Gasteiger partial charge in [0.05, 0.1) is 19.8 Å². The van der Waals surface area contributed by atoms with Crippen molar-refractivity contribution in [3.8, 4) is 11.5 Å². The van der Waals surface area contributed by atoms with Crippen LogP contribution in [0.1, 0.15) is 38.4 Å². The van der Waals surface area contributed by atoms with Crippen LogP contribution in [0.5, 0.6) is 11.5 Å². The summed E-state index contributed by atoms with van der Waals surface area (Å²) >= 11 is 0. The van der Waals surface area contributed by atoms with Crippen LogP contribution in [0.3, 0.4) is 0 Å². The normalized spacial score (nSPS) is 12.2. The topological polar surface area (TPSA) is 38.7 Å². The summed E-state index contributed by atoms with van der Waals surface area (Å²) in [6.07, 6.45) is 1.29. The predicted octanol–water partition coefficient (Wildman–Crippen LogP) is 2.93. The van der Waals surface area contributed by atoms with E-state index in [1.807, 2.05) is 25.1 Å². The van der Waals surface area contributed by atoms with Crippen molar-refractivity contribution in [2.24, 2.45) is 0 Å². The zero-order valence-corrected chi connectivity index (χ0v) is 10.2. The average molecular weight is 224 g/mol. The molecule has 1 unspecified atom stereocenters. The quantitative estimate of drug-likeness (QED) is 0.807. The smallest absolute Gasteiger partial charge is 0.161 e. The highest BCUT2D eigenvalue weighted by Crippen LogP contribution is 2.31. The molecular formula is C13H20O3. The molecule has 1 atom stereocenters. The van der Waals surface area contributed by atoms with Gasteiger partial charge in [-0.1, -0.05) is 19.4 Å². The fraction of sp³-hybridized carbons (Fsp3) is 0.538. The minimum absolute atomic E-state index is 0.422. The van der Waals surface area contributed by atoms with Gasteiger partial charge >= 0.3 is 0 Å². The molecule has 1 N–H and O–H groups in total. The van der Waals surface area contributed by atoms with E-state index in [1.165, 1.54) is 0 Å². The van der Waals surface area contributed by atoms with E-state index in [0.29, 0.717) is 12.4 Å². The molecule has 0 amide bonds. The third kappa shape index (κ3) is 3.14. The van der Waals surface area contributed by atoms with Crippen LogP contribution in [0.2, 0.25) is 0 Å². The molecule has 3 nitrogen and oxygen atoms in total. The van der Waals surface area contributed by atoms with Gasteiger partial charge in [-0.3, -0.25) is 0 Å². The fourth-order valence-corrected chi connectivity index (χ4v) is 1.61. The second-order valence-corrected chi connectivity index (χ2v) is 3.65. The van der Waals surface area contributed by atoms with Gasteiger partial charge < -0.3 is 14.6 Å². The maximum absolute atomic E-state index is 9.86. The van der Waals surface area contributed by atoms with Crippen molar-refractivity contribution in [3.63, 3.8) is 0 Å². The highest BCUT2D eigenvalue weighted by Gasteiger charge is 2.10. The summed E-state index contributed by atoms with van der Waals surface area (Å²) in [5, 5.41) is 9.86. The van der Waals surface area contributed by atoms with E-state index in [4.69, 9.17) is 9.47 Å². The fourth-order valence-electron chi connectivity index (χ4n) is 1.61. The summed E-state index contributed by atoms with van der Waals surface area (Å²) in [6, 6.07) is 5.57. The minimum atomic E-state index is -0.422. The molecule has 0 saturated carbocycles. The van der Waals surface area contributed by atoms with Gasteiger partial charge in [0.15, 0.2) is 11.5 Å². The number of ether oxygens (including phenoxy) is 2. The molecule has 16 heavy (non-hydrogen) atoms. The van der Waals surface area contributed by atoms with Crippen molar-refractivity contribution >= 4 is 0 Å². The second-order valence-electron chi connectivity index (χ2n) is 3.65. The van der Waals surface area contributed by atoms with E-state index >= 15 is 0 Å². The Morgan fingerprint density at radius 1 is 1.25 bits per heavy atom. The van der Waals surface area contributed by atoms with Gasteiger partial charge in [0, 0.05) is 0 Å². The van der Waals surface area contributed by atoms with Gasteiger partial charge in [0.25, 0.3) is 0 Å². The summed E-state index contributed by atoms with van der Waals surface area (Å²) in [5.74, 6) is 1.40. The third-order valence-electron chi connectivity index (χ3n) is 2.43. The Hall–Kier alpha value is -1.22. The number of hydrogen-bond donors (Lipinski definition) is 1. The first kappa shape index (κ1) is 12.8. The predicted molar refractivity (Wildman–Crippen MR) is 64.0 cm³/mol. The molecule has 0 aliphatic rings. The van der Waals surface area contributed by atoms with Crippen LogP contribution < -0.4 is 9.47 Å². The summed E-state index contributed by atoms with van der Waals surface area (Å²) < 4.78 is 10.6. The molecule has 0 aliphatic heterocycles. The summed E-state index contributed by atoms with van der Waals surface area (Å²) in [7, 11) is 1.60. The Kier molecular flexibility index (Phi) is 5.12. The molecule has 0 bridgehead atoms. The molecule has 0 radical (unpaired) electrons. The van der Waals surface area contributed by atoms with Crippen LogP contribution in [-0.2, 0) is 0 Å². The Morgan fingerprint density at radius 3 is 2.56 bits per heavy atom. The van der Waals surface area contributed by atoms with E-state index in [1.54, 1.807) is 7.11 Å². The van der Waals surface area contributed by atoms with Crippen LogP contribution in [0.15, 0.2) is 18.2 Å². The van der Waals surface area contributed by atoms with Gasteiger partial charge in [0.1, 0.15) is 0 Å². The molecule has 1 aromatic rings. The lowest BCUT2D eigenvalue weighted by Gasteiger charge is -2.14. The number of benzene rings is 1. The van der Waals surface area contributed by atoms with Crippen LogP contribution in [0.25, 0.3) is 0 Å². The second kappa shape index (κ2) is 6.38. The lowest BCUT2D eigenvalue weighted by atomic mass is 10.0. The van der Waals surface area contributed by atoms with Crippen molar-refractivity contribution in [2.75, 3.05) is 13.7 Å². The lowest BCUT2D eigenvalue weighted by molar-refractivity contribution is 0.166. The maximum atomic E-state index is 9.86. The molecule has 3 heteroatoms. The van der Waals surface area contributed by atoms with Gasteiger partial charge in [-0.25, -0.2) is 0 Å². The molecule has 0 fully saturated rings. The van der Waals surface area contributed by atoms with Gasteiger partial charge in [-0.2, -0.15) is 0 Å². The lowest BCUT2D eigenvalue weighted by Crippen LogP contribution is -2.00. The summed E-state index contributed by atoms with van der Waals surface area (Å²) in [5.41, 5.74) is 0.877. The van der Waals surface area contributed by atoms with Crippen molar-refractivity contribution in [1.82, 2.24) is 0 Å². The van der Waals surface area contributed by atoms with Gasteiger partial charge in [0.2, 0.25) is 0 Å². The zero-order valence-electron chi connectivity index (χ0n) is 10.2. The molecule has 1 aromatic carbocycles. The van der Waals surface area contributed by atoms with Crippen LogP contribution in [0.4, 0.5) is 0 Å². The molecule has 1 rings (SSSR count). The first-order valence-corrected chi connectivity index (χ1v) is 5.71. The highest BCUT2D eigenvalue weighted by atomic mass is 16.5. The number of hydrogen-bond acceptors (Lipinski definition) is 3. The van der Waals surface area contributed by atoms with E-state index < -0.39 is 6.10 Å². The SMILES string of the molecule is CCCC(O)c1ccc(OCC)c(OC)c1. The van der Waals surface area contributed by atoms with E-state index in [0.717, 1.165) is 24.2 Å². The molecule has 0 saturated heterocycles. The molecule has 0 spiro atoms. The zero-order chi connectivity index (χ0) is 12.0. The van der Waals surface area contributed by atoms with Crippen molar-refractivity contribution < 1.29 is 14.6 Å². The molecular weight excluding hydrogens is 204 g/mol. The Bertz CT molecular complexity index is 323. The Morgan fingerprint density at radius 2 is 2.00 bits per heavy atom. The highest BCUT2D eigenvalue weighted by molar-refractivity contribution is 5.43. The summed E-state index contributed by atoms with van der Waals surface area (Å²) in [4.78, 5) is 0. The maximum Gasteiger partial charge on any atom is 0.161 e. The molecule has 0 aliphatic carbocycles. The first-order chi connectivity index (χ1) is 7.72. The number of rotatable bonds is 6. The van der Waals surface area contributed by atoms with Crippen molar-refractivity contribution in [2.45, 2.75) is 32.8 Å². The van der Waals surface area contributed by atoms with E-state index in [2.05, 4.69) is 6.92 Å². The number of aliphatic hydroxyl groups excluding tert-OH is 1. The summed E-state index contributed by atoms with van der Waals surface area (Å²) in [6.45, 7) is 4.58. The van der Waals surface area contributed by atoms with E-state index in [-0.39, 0.29) is 0 Å². The van der Waals surface area contributed by atoms with Crippen LogP contribution in [0, 0.1) is 0 Å². The number of aliphatic hydroxyl groups is 1. The molecule has 0 heterocycles. The monoisotopic (exact) mass is 224 g/mol. The Labute approximate surface area is 97.0 Å². The Balaban J connectivity index is 2.89. The van der Waals surface area contributed by atoms with Gasteiger partial charge in [-0.05, 0) is 31.0 Å². The average Bonchev–Trinajstić information content (AvgIpc) is 2.30. The minimum Gasteiger partial charge on any atom is -0.493 e. The van der Waals surface area contributed by atoms with Crippen molar-refractivity contribution in [1.29, 1.82) is 0 Å². The number of methoxy groups -OCH3 is 1. The van der Waals surface area contributed by atoms with Gasteiger partial charge in [-0.15, -0.1) is 0 Å². The largest absolute Gasteiger partial charge is 0.493 e. The molecule has 90 valence electrons.